The summed E-state index contributed by atoms with van der Waals surface area (Å²) >= 11 is 5.96. The summed E-state index contributed by atoms with van der Waals surface area (Å²) in [6, 6.07) is 7.93. The molecule has 5 nitrogen and oxygen atoms in total. The Morgan fingerprint density at radius 2 is 1.88 bits per heavy atom. The zero-order chi connectivity index (χ0) is 18.7. The molecule has 140 valence electrons. The molecule has 2 aromatic rings. The van der Waals surface area contributed by atoms with Crippen molar-refractivity contribution in [2.45, 2.75) is 64.2 Å². The molecule has 0 bridgehead atoms. The van der Waals surface area contributed by atoms with Crippen LogP contribution in [0.2, 0.25) is 5.15 Å². The van der Waals surface area contributed by atoms with Crippen LogP contribution in [0.1, 0.15) is 46.5 Å². The molecule has 3 rings (SSSR count). The highest BCUT2D eigenvalue weighted by atomic mass is 35.5. The van der Waals surface area contributed by atoms with E-state index in [2.05, 4.69) is 10.3 Å². The van der Waals surface area contributed by atoms with Gasteiger partial charge in [-0.15, -0.1) is 0 Å². The number of nitrogens with one attached hydrogen (secondary N) is 1. The zero-order valence-electron chi connectivity index (χ0n) is 15.4. The second-order valence-corrected chi connectivity index (χ2v) is 8.14. The van der Waals surface area contributed by atoms with E-state index >= 15 is 0 Å². The van der Waals surface area contributed by atoms with E-state index in [1.54, 1.807) is 6.20 Å². The summed E-state index contributed by atoms with van der Waals surface area (Å²) in [6.07, 6.45) is 5.13. The van der Waals surface area contributed by atoms with Crippen LogP contribution < -0.4 is 10.1 Å². The number of alkyl carbamates (subject to hydrolysis) is 1. The molecule has 26 heavy (non-hydrogen) atoms. The van der Waals surface area contributed by atoms with Gasteiger partial charge in [0.1, 0.15) is 16.5 Å². The van der Waals surface area contributed by atoms with Crippen molar-refractivity contribution in [2.24, 2.45) is 0 Å². The molecule has 1 fully saturated rings. The van der Waals surface area contributed by atoms with Gasteiger partial charge >= 0.3 is 6.09 Å². The van der Waals surface area contributed by atoms with E-state index in [0.29, 0.717) is 5.15 Å². The lowest BCUT2D eigenvalue weighted by atomic mass is 9.93. The van der Waals surface area contributed by atoms with Gasteiger partial charge in [-0.2, -0.15) is 0 Å². The van der Waals surface area contributed by atoms with E-state index in [-0.39, 0.29) is 18.2 Å². The van der Waals surface area contributed by atoms with Crippen LogP contribution in [0.4, 0.5) is 4.79 Å². The SMILES string of the molecule is CC(C)(C)OC(=O)NC1CCC(Oc2ccc3cnc(Cl)cc3c2)CC1. The first-order valence-corrected chi connectivity index (χ1v) is 9.38. The lowest BCUT2D eigenvalue weighted by molar-refractivity contribution is 0.0471. The number of halogens is 1. The molecule has 0 saturated heterocycles. The summed E-state index contributed by atoms with van der Waals surface area (Å²) in [5.74, 6) is 0.836. The van der Waals surface area contributed by atoms with E-state index < -0.39 is 5.60 Å². The Bertz CT molecular complexity index is 780. The molecule has 1 heterocycles. The van der Waals surface area contributed by atoms with E-state index in [9.17, 15) is 4.79 Å². The molecule has 1 aliphatic carbocycles. The first-order valence-electron chi connectivity index (χ1n) is 9.00. The van der Waals surface area contributed by atoms with Crippen LogP contribution in [0, 0.1) is 0 Å². The lowest BCUT2D eigenvalue weighted by Gasteiger charge is -2.30. The number of aromatic nitrogens is 1. The summed E-state index contributed by atoms with van der Waals surface area (Å²) in [7, 11) is 0. The summed E-state index contributed by atoms with van der Waals surface area (Å²) in [6.45, 7) is 5.60. The van der Waals surface area contributed by atoms with E-state index in [1.807, 2.05) is 45.0 Å². The van der Waals surface area contributed by atoms with Crippen LogP contribution in [-0.4, -0.2) is 28.8 Å². The van der Waals surface area contributed by atoms with Gasteiger partial charge in [0.15, 0.2) is 0 Å². The third-order valence-corrected chi connectivity index (χ3v) is 4.56. The van der Waals surface area contributed by atoms with E-state index in [4.69, 9.17) is 21.1 Å². The molecular formula is C20H25ClN2O3. The number of pyridine rings is 1. The Labute approximate surface area is 159 Å². The molecule has 1 amide bonds. The summed E-state index contributed by atoms with van der Waals surface area (Å²) in [4.78, 5) is 16.0. The molecule has 1 aromatic carbocycles. The zero-order valence-corrected chi connectivity index (χ0v) is 16.2. The molecule has 1 N–H and O–H groups in total. The van der Waals surface area contributed by atoms with Crippen molar-refractivity contribution < 1.29 is 14.3 Å². The molecule has 0 spiro atoms. The van der Waals surface area contributed by atoms with Gasteiger partial charge in [-0.25, -0.2) is 9.78 Å². The van der Waals surface area contributed by atoms with Gasteiger partial charge in [-0.3, -0.25) is 0 Å². The van der Waals surface area contributed by atoms with Crippen LogP contribution in [0.5, 0.6) is 5.75 Å². The maximum absolute atomic E-state index is 11.9. The third kappa shape index (κ3) is 5.24. The fraction of sp³-hybridized carbons (Fsp3) is 0.500. The number of rotatable bonds is 3. The van der Waals surface area contributed by atoms with Crippen molar-refractivity contribution in [2.75, 3.05) is 0 Å². The molecule has 0 radical (unpaired) electrons. The number of amides is 1. The average Bonchev–Trinajstić information content (AvgIpc) is 2.54. The van der Waals surface area contributed by atoms with Gasteiger partial charge in [-0.05, 0) is 76.1 Å². The van der Waals surface area contributed by atoms with Crippen LogP contribution in [0.25, 0.3) is 10.8 Å². The Kier molecular flexibility index (Phi) is 5.56. The molecular weight excluding hydrogens is 352 g/mol. The first kappa shape index (κ1) is 18.8. The minimum absolute atomic E-state index is 0.145. The molecule has 0 atom stereocenters. The lowest BCUT2D eigenvalue weighted by Crippen LogP contribution is -2.42. The summed E-state index contributed by atoms with van der Waals surface area (Å²) in [5, 5.41) is 5.48. The van der Waals surface area contributed by atoms with E-state index in [1.165, 1.54) is 0 Å². The number of ether oxygens (including phenoxy) is 2. The number of fused-ring (bicyclic) bond motifs is 1. The fourth-order valence-corrected chi connectivity index (χ4v) is 3.32. The van der Waals surface area contributed by atoms with Gasteiger partial charge in [-0.1, -0.05) is 11.6 Å². The molecule has 0 aliphatic heterocycles. The topological polar surface area (TPSA) is 60.5 Å². The fourth-order valence-electron chi connectivity index (χ4n) is 3.16. The maximum Gasteiger partial charge on any atom is 0.407 e. The average molecular weight is 377 g/mol. The number of hydrogen-bond donors (Lipinski definition) is 1. The summed E-state index contributed by atoms with van der Waals surface area (Å²) in [5.41, 5.74) is -0.473. The molecule has 6 heteroatoms. The molecule has 1 aromatic heterocycles. The van der Waals surface area contributed by atoms with Crippen LogP contribution in [0.3, 0.4) is 0 Å². The van der Waals surface area contributed by atoms with Crippen LogP contribution >= 0.6 is 11.6 Å². The molecule has 0 unspecified atom stereocenters. The van der Waals surface area contributed by atoms with Crippen LogP contribution in [0.15, 0.2) is 30.5 Å². The van der Waals surface area contributed by atoms with Crippen molar-refractivity contribution in [1.29, 1.82) is 0 Å². The van der Waals surface area contributed by atoms with Gasteiger partial charge in [0, 0.05) is 17.6 Å². The Morgan fingerprint density at radius 1 is 1.15 bits per heavy atom. The number of carbonyl (C=O) groups is 1. The normalized spacial score (nSPS) is 20.6. The highest BCUT2D eigenvalue weighted by Gasteiger charge is 2.25. The van der Waals surface area contributed by atoms with Crippen molar-refractivity contribution in [3.63, 3.8) is 0 Å². The highest BCUT2D eigenvalue weighted by molar-refractivity contribution is 6.30. The predicted octanol–water partition coefficient (Wildman–Crippen LogP) is 5.10. The largest absolute Gasteiger partial charge is 0.490 e. The van der Waals surface area contributed by atoms with Crippen molar-refractivity contribution >= 4 is 28.5 Å². The number of nitrogens with zero attached hydrogens (tertiary/aromatic N) is 1. The van der Waals surface area contributed by atoms with Gasteiger partial charge in [0.2, 0.25) is 0 Å². The Balaban J connectivity index is 1.52. The number of carbonyl (C=O) groups excluding carboxylic acids is 1. The molecule has 1 saturated carbocycles. The van der Waals surface area contributed by atoms with Gasteiger partial charge in [0.05, 0.1) is 6.10 Å². The highest BCUT2D eigenvalue weighted by Crippen LogP contribution is 2.27. The Hall–Kier alpha value is -2.01. The minimum atomic E-state index is -0.473. The quantitative estimate of drug-likeness (QED) is 0.757. The second-order valence-electron chi connectivity index (χ2n) is 7.75. The molecule has 1 aliphatic rings. The van der Waals surface area contributed by atoms with Gasteiger partial charge in [0.25, 0.3) is 0 Å². The second kappa shape index (κ2) is 7.70. The van der Waals surface area contributed by atoms with Crippen molar-refractivity contribution in [1.82, 2.24) is 10.3 Å². The first-order chi connectivity index (χ1) is 12.3. The predicted molar refractivity (Wildman–Crippen MR) is 103 cm³/mol. The smallest absolute Gasteiger partial charge is 0.407 e. The van der Waals surface area contributed by atoms with E-state index in [0.717, 1.165) is 42.2 Å². The monoisotopic (exact) mass is 376 g/mol. The van der Waals surface area contributed by atoms with Crippen LogP contribution in [-0.2, 0) is 4.74 Å². The maximum atomic E-state index is 11.9. The standard InChI is InChI=1S/C20H25ClN2O3/c1-20(2,3)26-19(24)23-15-5-8-16(9-6-15)25-17-7-4-13-12-22-18(21)11-14(13)10-17/h4,7,10-12,15-16H,5-6,8-9H2,1-3H3,(H,23,24). The van der Waals surface area contributed by atoms with Crippen molar-refractivity contribution in [3.05, 3.63) is 35.6 Å². The number of hydrogen-bond acceptors (Lipinski definition) is 4. The third-order valence-electron chi connectivity index (χ3n) is 4.36. The Morgan fingerprint density at radius 3 is 2.58 bits per heavy atom. The minimum Gasteiger partial charge on any atom is -0.490 e. The summed E-state index contributed by atoms with van der Waals surface area (Å²) < 4.78 is 11.4. The van der Waals surface area contributed by atoms with Crippen molar-refractivity contribution in [3.8, 4) is 5.75 Å². The number of benzene rings is 1. The van der Waals surface area contributed by atoms with Gasteiger partial charge < -0.3 is 14.8 Å².